The number of carbonyl (C=O) groups excluding carboxylic acids is 1. The van der Waals surface area contributed by atoms with E-state index >= 15 is 0 Å². The van der Waals surface area contributed by atoms with Crippen molar-refractivity contribution in [2.24, 2.45) is 0 Å². The molecule has 0 saturated heterocycles. The third-order valence-corrected chi connectivity index (χ3v) is 3.11. The van der Waals surface area contributed by atoms with E-state index in [4.69, 9.17) is 0 Å². The molecule has 3 heteroatoms. The highest BCUT2D eigenvalue weighted by molar-refractivity contribution is 9.10. The molecule has 0 saturated carbocycles. The van der Waals surface area contributed by atoms with Gasteiger partial charge in [-0.15, -0.1) is 0 Å². The molecule has 0 aromatic heterocycles. The first-order valence-corrected chi connectivity index (χ1v) is 6.18. The normalized spacial score (nSPS) is 10.8. The summed E-state index contributed by atoms with van der Waals surface area (Å²) < 4.78 is 13.7. The van der Waals surface area contributed by atoms with Gasteiger partial charge < -0.3 is 0 Å². The van der Waals surface area contributed by atoms with Crippen molar-refractivity contribution in [1.29, 1.82) is 0 Å². The zero-order chi connectivity index (χ0) is 13.0. The summed E-state index contributed by atoms with van der Waals surface area (Å²) in [4.78, 5) is 11.9. The summed E-state index contributed by atoms with van der Waals surface area (Å²) in [5, 5.41) is 0. The summed E-state index contributed by atoms with van der Waals surface area (Å²) in [5.41, 5.74) is 1.25. The first kappa shape index (κ1) is 12.7. The summed E-state index contributed by atoms with van der Waals surface area (Å²) in [6.45, 7) is 0. The number of ketones is 1. The van der Waals surface area contributed by atoms with Gasteiger partial charge in [-0.05, 0) is 35.9 Å². The van der Waals surface area contributed by atoms with E-state index < -0.39 is 0 Å². The second-order valence-electron chi connectivity index (χ2n) is 3.73. The molecule has 0 unspecified atom stereocenters. The predicted molar refractivity (Wildman–Crippen MR) is 73.9 cm³/mol. The average Bonchev–Trinajstić information content (AvgIpc) is 2.37. The van der Waals surface area contributed by atoms with Crippen LogP contribution < -0.4 is 0 Å². The van der Waals surface area contributed by atoms with Crippen molar-refractivity contribution >= 4 is 27.8 Å². The lowest BCUT2D eigenvalue weighted by molar-refractivity contribution is 0.104. The van der Waals surface area contributed by atoms with Crippen LogP contribution in [0.4, 0.5) is 4.39 Å². The standard InChI is InChI=1S/C15H10BrFO/c16-14-7-2-1-6-13(14)15(18)9-8-11-4-3-5-12(17)10-11/h1-10H. The fourth-order valence-corrected chi connectivity index (χ4v) is 2.01. The number of rotatable bonds is 3. The smallest absolute Gasteiger partial charge is 0.186 e. The van der Waals surface area contributed by atoms with Gasteiger partial charge in [0.2, 0.25) is 0 Å². The molecule has 2 aromatic carbocycles. The van der Waals surface area contributed by atoms with Crippen molar-refractivity contribution in [3.8, 4) is 0 Å². The molecule has 0 aliphatic carbocycles. The Labute approximate surface area is 113 Å². The molecule has 0 aliphatic rings. The van der Waals surface area contributed by atoms with Gasteiger partial charge >= 0.3 is 0 Å². The van der Waals surface area contributed by atoms with Crippen LogP contribution in [0.15, 0.2) is 59.1 Å². The first-order chi connectivity index (χ1) is 8.66. The maximum Gasteiger partial charge on any atom is 0.186 e. The van der Waals surface area contributed by atoms with Gasteiger partial charge in [0.25, 0.3) is 0 Å². The van der Waals surface area contributed by atoms with E-state index in [0.717, 1.165) is 4.47 Å². The quantitative estimate of drug-likeness (QED) is 0.603. The van der Waals surface area contributed by atoms with Gasteiger partial charge in [0, 0.05) is 10.0 Å². The van der Waals surface area contributed by atoms with Gasteiger partial charge in [-0.1, -0.05) is 46.3 Å². The third kappa shape index (κ3) is 3.14. The van der Waals surface area contributed by atoms with Crippen LogP contribution in [0, 0.1) is 5.82 Å². The summed E-state index contributed by atoms with van der Waals surface area (Å²) in [5.74, 6) is -0.433. The third-order valence-electron chi connectivity index (χ3n) is 2.42. The van der Waals surface area contributed by atoms with Gasteiger partial charge in [-0.3, -0.25) is 4.79 Å². The Kier molecular flexibility index (Phi) is 4.05. The number of benzene rings is 2. The maximum atomic E-state index is 13.0. The Morgan fingerprint density at radius 2 is 1.89 bits per heavy atom. The van der Waals surface area contributed by atoms with Gasteiger partial charge in [0.1, 0.15) is 5.82 Å². The number of carbonyl (C=O) groups is 1. The zero-order valence-corrected chi connectivity index (χ0v) is 11.0. The van der Waals surface area contributed by atoms with Crippen LogP contribution in [0.25, 0.3) is 6.08 Å². The second-order valence-corrected chi connectivity index (χ2v) is 4.59. The highest BCUT2D eigenvalue weighted by atomic mass is 79.9. The molecule has 0 fully saturated rings. The molecule has 90 valence electrons. The Balaban J connectivity index is 2.20. The van der Waals surface area contributed by atoms with Crippen LogP contribution in [0.3, 0.4) is 0 Å². The highest BCUT2D eigenvalue weighted by Gasteiger charge is 2.05. The van der Waals surface area contributed by atoms with Crippen LogP contribution in [-0.2, 0) is 0 Å². The van der Waals surface area contributed by atoms with Crippen molar-refractivity contribution in [1.82, 2.24) is 0 Å². The van der Waals surface area contributed by atoms with E-state index in [2.05, 4.69) is 15.9 Å². The summed E-state index contributed by atoms with van der Waals surface area (Å²) in [6, 6.07) is 13.3. The number of allylic oxidation sites excluding steroid dienone is 1. The molecule has 1 nitrogen and oxygen atoms in total. The number of hydrogen-bond donors (Lipinski definition) is 0. The van der Waals surface area contributed by atoms with E-state index in [1.54, 1.807) is 30.3 Å². The number of halogens is 2. The lowest BCUT2D eigenvalue weighted by Gasteiger charge is -1.99. The van der Waals surface area contributed by atoms with E-state index in [1.165, 1.54) is 18.2 Å². The molecule has 0 radical (unpaired) electrons. The molecule has 0 bridgehead atoms. The summed E-state index contributed by atoms with van der Waals surface area (Å²) in [7, 11) is 0. The summed E-state index contributed by atoms with van der Waals surface area (Å²) >= 11 is 3.32. The Morgan fingerprint density at radius 3 is 2.61 bits per heavy atom. The Hall–Kier alpha value is -1.74. The average molecular weight is 305 g/mol. The van der Waals surface area contributed by atoms with Gasteiger partial charge in [0.05, 0.1) is 0 Å². The van der Waals surface area contributed by atoms with E-state index in [1.807, 2.05) is 12.1 Å². The molecule has 0 aliphatic heterocycles. The second kappa shape index (κ2) is 5.74. The Morgan fingerprint density at radius 1 is 1.11 bits per heavy atom. The molecule has 0 N–H and O–H groups in total. The maximum absolute atomic E-state index is 13.0. The zero-order valence-electron chi connectivity index (χ0n) is 9.44. The van der Waals surface area contributed by atoms with Crippen LogP contribution in [0.1, 0.15) is 15.9 Å². The SMILES string of the molecule is O=C(C=Cc1cccc(F)c1)c1ccccc1Br. The van der Waals surface area contributed by atoms with Gasteiger partial charge in [-0.25, -0.2) is 4.39 Å². The van der Waals surface area contributed by atoms with E-state index in [9.17, 15) is 9.18 Å². The molecule has 0 spiro atoms. The van der Waals surface area contributed by atoms with Crippen LogP contribution in [0.5, 0.6) is 0 Å². The van der Waals surface area contributed by atoms with E-state index in [-0.39, 0.29) is 11.6 Å². The monoisotopic (exact) mass is 304 g/mol. The fraction of sp³-hybridized carbons (Fsp3) is 0. The van der Waals surface area contributed by atoms with Crippen LogP contribution in [0.2, 0.25) is 0 Å². The largest absolute Gasteiger partial charge is 0.289 e. The molecular weight excluding hydrogens is 295 g/mol. The molecule has 0 heterocycles. The summed E-state index contributed by atoms with van der Waals surface area (Å²) in [6.07, 6.45) is 3.04. The lowest BCUT2D eigenvalue weighted by atomic mass is 10.1. The van der Waals surface area contributed by atoms with Crippen molar-refractivity contribution in [2.45, 2.75) is 0 Å². The minimum Gasteiger partial charge on any atom is -0.289 e. The first-order valence-electron chi connectivity index (χ1n) is 5.39. The van der Waals surface area contributed by atoms with Crippen molar-refractivity contribution < 1.29 is 9.18 Å². The highest BCUT2D eigenvalue weighted by Crippen LogP contribution is 2.17. The predicted octanol–water partition coefficient (Wildman–Crippen LogP) is 4.48. The molecule has 2 aromatic rings. The van der Waals surface area contributed by atoms with Crippen LogP contribution >= 0.6 is 15.9 Å². The van der Waals surface area contributed by atoms with Crippen LogP contribution in [-0.4, -0.2) is 5.78 Å². The topological polar surface area (TPSA) is 17.1 Å². The minimum absolute atomic E-state index is 0.119. The van der Waals surface area contributed by atoms with E-state index in [0.29, 0.717) is 11.1 Å². The Bertz CT molecular complexity index is 605. The molecule has 18 heavy (non-hydrogen) atoms. The van der Waals surface area contributed by atoms with Gasteiger partial charge in [0.15, 0.2) is 5.78 Å². The fourth-order valence-electron chi connectivity index (χ4n) is 1.53. The minimum atomic E-state index is -0.314. The van der Waals surface area contributed by atoms with Crippen molar-refractivity contribution in [3.63, 3.8) is 0 Å². The van der Waals surface area contributed by atoms with Gasteiger partial charge in [-0.2, -0.15) is 0 Å². The lowest BCUT2D eigenvalue weighted by Crippen LogP contribution is -1.94. The van der Waals surface area contributed by atoms with Crippen molar-refractivity contribution in [2.75, 3.05) is 0 Å². The molecule has 2 rings (SSSR count). The molecule has 0 atom stereocenters. The molecule has 0 amide bonds. The molecular formula is C15H10BrFO. The number of hydrogen-bond acceptors (Lipinski definition) is 1. The van der Waals surface area contributed by atoms with Crippen molar-refractivity contribution in [3.05, 3.63) is 76.0 Å².